The number of phenols is 3. The van der Waals surface area contributed by atoms with Crippen LogP contribution in [0.5, 0.6) is 23.0 Å². The second-order valence-corrected chi connectivity index (χ2v) is 8.73. The van der Waals surface area contributed by atoms with Crippen molar-refractivity contribution >= 4 is 0 Å². The molecule has 1 aromatic heterocycles. The fourth-order valence-corrected chi connectivity index (χ4v) is 4.79. The highest BCUT2D eigenvalue weighted by molar-refractivity contribution is 5.64. The number of H-pyrrole nitrogens is 1. The molecule has 8 heteroatoms. The number of rotatable bonds is 8. The largest absolute Gasteiger partial charge is 0.508 e. The molecule has 0 spiro atoms. The van der Waals surface area contributed by atoms with Crippen LogP contribution < -0.4 is 4.74 Å². The fourth-order valence-electron chi connectivity index (χ4n) is 4.79. The number of methoxy groups -OCH3 is 1. The Bertz CT molecular complexity index is 1100. The lowest BCUT2D eigenvalue weighted by molar-refractivity contribution is -0.101. The third kappa shape index (κ3) is 4.99. The van der Waals surface area contributed by atoms with Crippen molar-refractivity contribution in [2.75, 3.05) is 7.11 Å². The van der Waals surface area contributed by atoms with E-state index in [1.807, 2.05) is 24.4 Å². The van der Waals surface area contributed by atoms with Gasteiger partial charge in [-0.25, -0.2) is 0 Å². The van der Waals surface area contributed by atoms with Crippen LogP contribution in [0, 0.1) is 0 Å². The standard InChI is InChI=1S/C26H31NO7/c1-33-26-20(10-16-8-9-27-13-16)23(21(14-28)24(31)25(26)32)22-12-18(30)11-19(34-22)7-4-15-2-5-17(29)6-3-15/h2-3,5-6,8-9,13,18-19,22,27-32H,4,7,10-12,14H2,1H3. The van der Waals surface area contributed by atoms with Gasteiger partial charge < -0.3 is 40.0 Å². The molecule has 8 nitrogen and oxygen atoms in total. The summed E-state index contributed by atoms with van der Waals surface area (Å²) in [5, 5.41) is 51.5. The number of benzene rings is 2. The van der Waals surface area contributed by atoms with Gasteiger partial charge in [-0.1, -0.05) is 12.1 Å². The van der Waals surface area contributed by atoms with Crippen LogP contribution in [0.1, 0.15) is 53.2 Å². The molecule has 2 heterocycles. The molecule has 1 saturated heterocycles. The van der Waals surface area contributed by atoms with E-state index in [1.54, 1.807) is 18.3 Å². The number of ether oxygens (including phenoxy) is 2. The highest BCUT2D eigenvalue weighted by Crippen LogP contribution is 2.49. The number of aliphatic hydroxyl groups excluding tert-OH is 2. The Morgan fingerprint density at radius 1 is 1.00 bits per heavy atom. The van der Waals surface area contributed by atoms with Gasteiger partial charge in [0, 0.05) is 36.4 Å². The van der Waals surface area contributed by atoms with E-state index in [0.717, 1.165) is 11.1 Å². The van der Waals surface area contributed by atoms with E-state index in [2.05, 4.69) is 4.98 Å². The highest BCUT2D eigenvalue weighted by atomic mass is 16.5. The van der Waals surface area contributed by atoms with Crippen LogP contribution in [-0.2, 0) is 24.2 Å². The van der Waals surface area contributed by atoms with Gasteiger partial charge in [0.1, 0.15) is 5.75 Å². The number of hydrogen-bond acceptors (Lipinski definition) is 7. The normalized spacial score (nSPS) is 20.4. The monoisotopic (exact) mass is 469 g/mol. The third-order valence-electron chi connectivity index (χ3n) is 6.45. The molecule has 1 aliphatic rings. The van der Waals surface area contributed by atoms with Crippen molar-refractivity contribution < 1.29 is 35.0 Å². The molecule has 1 aliphatic heterocycles. The minimum Gasteiger partial charge on any atom is -0.508 e. The Kier molecular flexibility index (Phi) is 7.31. The van der Waals surface area contributed by atoms with Gasteiger partial charge in [0.05, 0.1) is 32.0 Å². The Hall–Kier alpha value is -3.20. The molecular formula is C26H31NO7. The average molecular weight is 470 g/mol. The van der Waals surface area contributed by atoms with Gasteiger partial charge in [-0.2, -0.15) is 0 Å². The predicted molar refractivity (Wildman–Crippen MR) is 125 cm³/mol. The summed E-state index contributed by atoms with van der Waals surface area (Å²) >= 11 is 0. The van der Waals surface area contributed by atoms with Crippen LogP contribution >= 0.6 is 0 Å². The molecule has 182 valence electrons. The first-order valence-corrected chi connectivity index (χ1v) is 11.4. The Morgan fingerprint density at radius 2 is 1.76 bits per heavy atom. The lowest BCUT2D eigenvalue weighted by atomic mass is 9.86. The Balaban J connectivity index is 1.67. The van der Waals surface area contributed by atoms with Crippen LogP contribution in [0.2, 0.25) is 0 Å². The number of aryl methyl sites for hydroxylation is 1. The second-order valence-electron chi connectivity index (χ2n) is 8.73. The summed E-state index contributed by atoms with van der Waals surface area (Å²) in [5.41, 5.74) is 3.27. The van der Waals surface area contributed by atoms with Gasteiger partial charge in [0.2, 0.25) is 5.75 Å². The van der Waals surface area contributed by atoms with E-state index in [9.17, 15) is 25.5 Å². The number of aliphatic hydroxyl groups is 2. The van der Waals surface area contributed by atoms with E-state index in [-0.39, 0.29) is 29.6 Å². The zero-order valence-electron chi connectivity index (χ0n) is 19.1. The lowest BCUT2D eigenvalue weighted by Crippen LogP contribution is -2.32. The smallest absolute Gasteiger partial charge is 0.201 e. The van der Waals surface area contributed by atoms with Gasteiger partial charge in [-0.05, 0) is 54.2 Å². The first-order valence-electron chi connectivity index (χ1n) is 11.4. The molecule has 6 N–H and O–H groups in total. The number of hydrogen-bond donors (Lipinski definition) is 6. The fraction of sp³-hybridized carbons (Fsp3) is 0.385. The number of aromatic hydroxyl groups is 3. The molecule has 0 bridgehead atoms. The summed E-state index contributed by atoms with van der Waals surface area (Å²) in [5.74, 6) is -0.548. The van der Waals surface area contributed by atoms with Gasteiger partial charge in [-0.15, -0.1) is 0 Å². The first-order chi connectivity index (χ1) is 16.4. The maximum Gasteiger partial charge on any atom is 0.201 e. The molecule has 0 amide bonds. The Morgan fingerprint density at radius 3 is 2.41 bits per heavy atom. The molecule has 0 radical (unpaired) electrons. The van der Waals surface area contributed by atoms with Crippen molar-refractivity contribution in [3.8, 4) is 23.0 Å². The minimum absolute atomic E-state index is 0.121. The van der Waals surface area contributed by atoms with Crippen molar-refractivity contribution in [3.05, 3.63) is 70.5 Å². The summed E-state index contributed by atoms with van der Waals surface area (Å²) in [4.78, 5) is 3.00. The zero-order valence-corrected chi connectivity index (χ0v) is 19.1. The maximum atomic E-state index is 10.7. The van der Waals surface area contributed by atoms with Crippen LogP contribution in [0.25, 0.3) is 0 Å². The van der Waals surface area contributed by atoms with Crippen molar-refractivity contribution in [1.29, 1.82) is 0 Å². The highest BCUT2D eigenvalue weighted by Gasteiger charge is 2.35. The maximum absolute atomic E-state index is 10.7. The second kappa shape index (κ2) is 10.4. The number of phenolic OH excluding ortho intramolecular Hbond substituents is 2. The zero-order chi connectivity index (χ0) is 24.2. The first kappa shape index (κ1) is 23.9. The van der Waals surface area contributed by atoms with E-state index in [4.69, 9.17) is 9.47 Å². The number of nitrogens with one attached hydrogen (secondary N) is 1. The van der Waals surface area contributed by atoms with Crippen LogP contribution in [0.3, 0.4) is 0 Å². The van der Waals surface area contributed by atoms with Crippen molar-refractivity contribution in [3.63, 3.8) is 0 Å². The molecule has 0 saturated carbocycles. The molecule has 1 fully saturated rings. The number of aromatic nitrogens is 1. The van der Waals surface area contributed by atoms with Crippen LogP contribution in [0.15, 0.2) is 42.7 Å². The molecule has 2 aromatic carbocycles. The van der Waals surface area contributed by atoms with E-state index < -0.39 is 30.3 Å². The summed E-state index contributed by atoms with van der Waals surface area (Å²) in [7, 11) is 1.41. The van der Waals surface area contributed by atoms with E-state index in [0.29, 0.717) is 36.8 Å². The minimum atomic E-state index is -0.628. The molecule has 3 aromatic rings. The van der Waals surface area contributed by atoms with Crippen LogP contribution in [-0.4, -0.2) is 49.8 Å². The topological polar surface area (TPSA) is 135 Å². The summed E-state index contributed by atoms with van der Waals surface area (Å²) in [6, 6.07) is 8.88. The molecule has 34 heavy (non-hydrogen) atoms. The lowest BCUT2D eigenvalue weighted by Gasteiger charge is -2.36. The molecule has 3 unspecified atom stereocenters. The predicted octanol–water partition coefficient (Wildman–Crippen LogP) is 3.44. The summed E-state index contributed by atoms with van der Waals surface area (Å²) in [6.07, 6.45) is 4.61. The van der Waals surface area contributed by atoms with Gasteiger partial charge in [0.15, 0.2) is 11.5 Å². The average Bonchev–Trinajstić information content (AvgIpc) is 3.34. The molecular weight excluding hydrogens is 438 g/mol. The molecule has 4 rings (SSSR count). The van der Waals surface area contributed by atoms with Crippen molar-refractivity contribution in [2.45, 2.75) is 57.0 Å². The Labute approximate surface area is 198 Å². The van der Waals surface area contributed by atoms with Crippen LogP contribution in [0.4, 0.5) is 0 Å². The number of aromatic amines is 1. The van der Waals surface area contributed by atoms with E-state index in [1.165, 1.54) is 7.11 Å². The molecule has 0 aliphatic carbocycles. The van der Waals surface area contributed by atoms with Gasteiger partial charge in [0.25, 0.3) is 0 Å². The van der Waals surface area contributed by atoms with Crippen molar-refractivity contribution in [1.82, 2.24) is 4.98 Å². The SMILES string of the molecule is COc1c(O)c(O)c(CO)c(C2CC(O)CC(CCc3ccc(O)cc3)O2)c1Cc1cc[nH]c1. The quantitative estimate of drug-likeness (QED) is 0.278. The molecule has 3 atom stereocenters. The van der Waals surface area contributed by atoms with E-state index >= 15 is 0 Å². The summed E-state index contributed by atoms with van der Waals surface area (Å²) < 4.78 is 11.9. The third-order valence-corrected chi connectivity index (χ3v) is 6.45. The van der Waals surface area contributed by atoms with Crippen molar-refractivity contribution in [2.24, 2.45) is 0 Å². The van der Waals surface area contributed by atoms with Gasteiger partial charge >= 0.3 is 0 Å². The van der Waals surface area contributed by atoms with Gasteiger partial charge in [-0.3, -0.25) is 0 Å². The summed E-state index contributed by atoms with van der Waals surface area (Å²) in [6.45, 7) is -0.507.